The van der Waals surface area contributed by atoms with Gasteiger partial charge in [0.2, 0.25) is 0 Å². The summed E-state index contributed by atoms with van der Waals surface area (Å²) in [4.78, 5) is 16.3. The van der Waals surface area contributed by atoms with Crippen LogP contribution in [0.25, 0.3) is 0 Å². The molecule has 0 aliphatic rings. The number of carbonyl (C=O) groups excluding carboxylic acids is 1. The van der Waals surface area contributed by atoms with Gasteiger partial charge in [0.05, 0.1) is 5.51 Å². The number of nitrogens with one attached hydrogen (secondary N) is 1. The van der Waals surface area contributed by atoms with E-state index in [2.05, 4.69) is 31.1 Å². The van der Waals surface area contributed by atoms with Crippen LogP contribution < -0.4 is 5.32 Å². The summed E-state index contributed by atoms with van der Waals surface area (Å²) >= 11 is 7.10. The lowest BCUT2D eigenvalue weighted by molar-refractivity contribution is 0.0895. The van der Waals surface area contributed by atoms with Crippen LogP contribution in [0.2, 0.25) is 5.15 Å². The van der Waals surface area contributed by atoms with Crippen molar-refractivity contribution in [1.29, 1.82) is 0 Å². The van der Waals surface area contributed by atoms with Crippen molar-refractivity contribution in [2.24, 2.45) is 5.41 Å². The van der Waals surface area contributed by atoms with Crippen LogP contribution in [-0.4, -0.2) is 16.4 Å². The van der Waals surface area contributed by atoms with E-state index in [0.717, 1.165) is 6.42 Å². The third-order valence-corrected chi connectivity index (χ3v) is 3.38. The molecule has 0 saturated carbocycles. The van der Waals surface area contributed by atoms with Crippen molar-refractivity contribution < 1.29 is 4.79 Å². The first-order valence-corrected chi connectivity index (χ1v) is 6.78. The van der Waals surface area contributed by atoms with E-state index in [0.29, 0.717) is 4.88 Å². The molecule has 17 heavy (non-hydrogen) atoms. The second-order valence-corrected chi connectivity index (χ2v) is 7.26. The Balaban J connectivity index is 2.72. The average molecular weight is 275 g/mol. The van der Waals surface area contributed by atoms with Crippen LogP contribution in [0.1, 0.15) is 50.7 Å². The van der Waals surface area contributed by atoms with Gasteiger partial charge < -0.3 is 5.32 Å². The Bertz CT molecular complexity index is 407. The Morgan fingerprint density at radius 1 is 1.41 bits per heavy atom. The molecule has 0 unspecified atom stereocenters. The number of rotatable bonds is 3. The zero-order valence-electron chi connectivity index (χ0n) is 10.9. The summed E-state index contributed by atoms with van der Waals surface area (Å²) in [5.41, 5.74) is 1.48. The quantitative estimate of drug-likeness (QED) is 0.912. The molecule has 1 rings (SSSR count). The molecular formula is C12H19ClN2OS. The summed E-state index contributed by atoms with van der Waals surface area (Å²) in [5.74, 6) is -0.147. The standard InChI is InChI=1S/C12H19ClN2OS/c1-11(2,3)6-12(4,5)15-10(16)8-9(13)14-7-17-8/h7H,6H2,1-5H3,(H,15,16). The fourth-order valence-electron chi connectivity index (χ4n) is 2.11. The van der Waals surface area contributed by atoms with Gasteiger partial charge >= 0.3 is 0 Å². The van der Waals surface area contributed by atoms with Crippen LogP contribution >= 0.6 is 22.9 Å². The first kappa shape index (κ1) is 14.5. The monoisotopic (exact) mass is 274 g/mol. The van der Waals surface area contributed by atoms with Gasteiger partial charge in [0.25, 0.3) is 5.91 Å². The van der Waals surface area contributed by atoms with Crippen molar-refractivity contribution in [3.8, 4) is 0 Å². The molecule has 0 fully saturated rings. The zero-order chi connectivity index (χ0) is 13.3. The van der Waals surface area contributed by atoms with Gasteiger partial charge in [-0.25, -0.2) is 4.98 Å². The van der Waals surface area contributed by atoms with Crippen LogP contribution in [0.3, 0.4) is 0 Å². The van der Waals surface area contributed by atoms with Gasteiger partial charge in [-0.2, -0.15) is 0 Å². The largest absolute Gasteiger partial charge is 0.346 e. The highest BCUT2D eigenvalue weighted by molar-refractivity contribution is 7.12. The molecule has 0 atom stereocenters. The molecule has 0 spiro atoms. The summed E-state index contributed by atoms with van der Waals surface area (Å²) in [7, 11) is 0. The Morgan fingerprint density at radius 2 is 2.00 bits per heavy atom. The molecule has 3 nitrogen and oxygen atoms in total. The summed E-state index contributed by atoms with van der Waals surface area (Å²) in [6.07, 6.45) is 0.891. The summed E-state index contributed by atoms with van der Waals surface area (Å²) in [6.45, 7) is 10.5. The number of amides is 1. The van der Waals surface area contributed by atoms with E-state index in [1.165, 1.54) is 11.3 Å². The molecule has 0 aliphatic carbocycles. The normalized spacial score (nSPS) is 12.6. The molecule has 0 aliphatic heterocycles. The van der Waals surface area contributed by atoms with Crippen molar-refractivity contribution in [3.63, 3.8) is 0 Å². The molecule has 1 aromatic rings. The molecule has 5 heteroatoms. The average Bonchev–Trinajstić information content (AvgIpc) is 2.44. The van der Waals surface area contributed by atoms with Gasteiger partial charge in [-0.1, -0.05) is 32.4 Å². The maximum absolute atomic E-state index is 12.0. The van der Waals surface area contributed by atoms with E-state index >= 15 is 0 Å². The van der Waals surface area contributed by atoms with Crippen molar-refractivity contribution in [2.45, 2.75) is 46.6 Å². The number of carbonyl (C=O) groups is 1. The predicted molar refractivity (Wildman–Crippen MR) is 72.7 cm³/mol. The van der Waals surface area contributed by atoms with E-state index in [4.69, 9.17) is 11.6 Å². The number of aromatic nitrogens is 1. The lowest BCUT2D eigenvalue weighted by atomic mass is 9.82. The van der Waals surface area contributed by atoms with Gasteiger partial charge in [-0.05, 0) is 25.7 Å². The molecule has 1 N–H and O–H groups in total. The zero-order valence-corrected chi connectivity index (χ0v) is 12.5. The smallest absolute Gasteiger partial charge is 0.264 e. The maximum atomic E-state index is 12.0. The number of halogens is 1. The molecule has 0 aromatic carbocycles. The lowest BCUT2D eigenvalue weighted by Gasteiger charge is -2.33. The fourth-order valence-corrected chi connectivity index (χ4v) is 3.01. The minimum Gasteiger partial charge on any atom is -0.346 e. The van der Waals surface area contributed by atoms with E-state index < -0.39 is 0 Å². The van der Waals surface area contributed by atoms with Crippen LogP contribution in [0.5, 0.6) is 0 Å². The summed E-state index contributed by atoms with van der Waals surface area (Å²) in [5, 5.41) is 3.28. The van der Waals surface area contributed by atoms with E-state index in [-0.39, 0.29) is 22.0 Å². The Kier molecular flexibility index (Phi) is 4.20. The number of hydrogen-bond acceptors (Lipinski definition) is 3. The highest BCUT2D eigenvalue weighted by Crippen LogP contribution is 2.27. The highest BCUT2D eigenvalue weighted by Gasteiger charge is 2.28. The highest BCUT2D eigenvalue weighted by atomic mass is 35.5. The minimum atomic E-state index is -0.261. The topological polar surface area (TPSA) is 42.0 Å². The van der Waals surface area contributed by atoms with Crippen molar-refractivity contribution in [2.75, 3.05) is 0 Å². The molecule has 1 aromatic heterocycles. The molecular weight excluding hydrogens is 256 g/mol. The maximum Gasteiger partial charge on any atom is 0.264 e. The second kappa shape index (κ2) is 4.94. The SMILES string of the molecule is CC(C)(C)CC(C)(C)NC(=O)c1scnc1Cl. The minimum absolute atomic E-state index is 0.147. The second-order valence-electron chi connectivity index (χ2n) is 6.05. The van der Waals surface area contributed by atoms with Gasteiger partial charge in [-0.3, -0.25) is 4.79 Å². The van der Waals surface area contributed by atoms with Crippen molar-refractivity contribution >= 4 is 28.8 Å². The third-order valence-electron chi connectivity index (χ3n) is 2.15. The third kappa shape index (κ3) is 4.64. The van der Waals surface area contributed by atoms with Crippen LogP contribution in [0.15, 0.2) is 5.51 Å². The number of thiazole rings is 1. The van der Waals surface area contributed by atoms with E-state index in [1.807, 2.05) is 13.8 Å². The molecule has 1 heterocycles. The first-order chi connectivity index (χ1) is 7.61. The molecule has 0 saturated heterocycles. The van der Waals surface area contributed by atoms with Gasteiger partial charge in [-0.15, -0.1) is 11.3 Å². The van der Waals surface area contributed by atoms with Gasteiger partial charge in [0.15, 0.2) is 5.15 Å². The molecule has 0 radical (unpaired) electrons. The summed E-state index contributed by atoms with van der Waals surface area (Å²) in [6, 6.07) is 0. The Labute approximate surface area is 112 Å². The molecule has 96 valence electrons. The Morgan fingerprint density at radius 3 is 2.41 bits per heavy atom. The van der Waals surface area contributed by atoms with Crippen molar-refractivity contribution in [1.82, 2.24) is 10.3 Å². The molecule has 0 bridgehead atoms. The first-order valence-electron chi connectivity index (χ1n) is 5.52. The predicted octanol–water partition coefficient (Wildman–Crippen LogP) is 3.74. The Hall–Kier alpha value is -0.610. The number of hydrogen-bond donors (Lipinski definition) is 1. The van der Waals surface area contributed by atoms with Crippen LogP contribution in [0.4, 0.5) is 0 Å². The van der Waals surface area contributed by atoms with Gasteiger partial charge in [0, 0.05) is 5.54 Å². The summed E-state index contributed by atoms with van der Waals surface area (Å²) < 4.78 is 0. The molecule has 1 amide bonds. The van der Waals surface area contributed by atoms with Crippen LogP contribution in [-0.2, 0) is 0 Å². The lowest BCUT2D eigenvalue weighted by Crippen LogP contribution is -2.45. The fraction of sp³-hybridized carbons (Fsp3) is 0.667. The van der Waals surface area contributed by atoms with E-state index in [9.17, 15) is 4.79 Å². The van der Waals surface area contributed by atoms with E-state index in [1.54, 1.807) is 5.51 Å². The van der Waals surface area contributed by atoms with Gasteiger partial charge in [0.1, 0.15) is 4.88 Å². The van der Waals surface area contributed by atoms with Crippen molar-refractivity contribution in [3.05, 3.63) is 15.5 Å². The van der Waals surface area contributed by atoms with Crippen LogP contribution in [0, 0.1) is 5.41 Å². The number of nitrogens with zero attached hydrogens (tertiary/aromatic N) is 1.